The van der Waals surface area contributed by atoms with Gasteiger partial charge in [0.05, 0.1) is 10.4 Å². The zero-order valence-corrected chi connectivity index (χ0v) is 12.6. The summed E-state index contributed by atoms with van der Waals surface area (Å²) in [5, 5.41) is 0. The lowest BCUT2D eigenvalue weighted by atomic mass is 9.90. The minimum absolute atomic E-state index is 0.0489. The average molecular weight is 258 g/mol. The average Bonchev–Trinajstić information content (AvgIpc) is 2.28. The van der Waals surface area contributed by atoms with Gasteiger partial charge >= 0.3 is 0 Å². The van der Waals surface area contributed by atoms with Gasteiger partial charge in [0, 0.05) is 12.6 Å². The summed E-state index contributed by atoms with van der Waals surface area (Å²) in [6.45, 7) is 10.7. The van der Waals surface area contributed by atoms with Crippen LogP contribution in [-0.4, -0.2) is 28.4 Å². The van der Waals surface area contributed by atoms with E-state index in [1.807, 2.05) is 4.90 Å². The third-order valence-corrected chi connectivity index (χ3v) is 3.80. The molecule has 3 nitrogen and oxygen atoms in total. The molecule has 100 valence electrons. The Balaban J connectivity index is 4.92. The van der Waals surface area contributed by atoms with Crippen LogP contribution < -0.4 is 5.73 Å². The van der Waals surface area contributed by atoms with Crippen LogP contribution in [0.4, 0.5) is 0 Å². The number of nitrogens with zero attached hydrogens (tertiary/aromatic N) is 1. The Bertz CT molecular complexity index is 277. The highest BCUT2D eigenvalue weighted by molar-refractivity contribution is 7.80. The Morgan fingerprint density at radius 3 is 2.29 bits per heavy atom. The minimum atomic E-state index is -0.744. The smallest absolute Gasteiger partial charge is 0.235 e. The summed E-state index contributed by atoms with van der Waals surface area (Å²) in [7, 11) is 0. The predicted octanol–water partition coefficient (Wildman–Crippen LogP) is 2.73. The molecule has 0 heterocycles. The molecule has 0 rings (SSSR count). The van der Waals surface area contributed by atoms with Gasteiger partial charge in [0.1, 0.15) is 0 Å². The first-order chi connectivity index (χ1) is 7.78. The summed E-state index contributed by atoms with van der Waals surface area (Å²) < 4.78 is 0. The maximum atomic E-state index is 12.5. The maximum absolute atomic E-state index is 12.5. The zero-order chi connectivity index (χ0) is 13.6. The van der Waals surface area contributed by atoms with E-state index in [2.05, 4.69) is 20.8 Å². The minimum Gasteiger partial charge on any atom is -0.392 e. The molecule has 17 heavy (non-hydrogen) atoms. The summed E-state index contributed by atoms with van der Waals surface area (Å²) in [6.07, 6.45) is 3.04. The fourth-order valence-electron chi connectivity index (χ4n) is 1.54. The van der Waals surface area contributed by atoms with Crippen molar-refractivity contribution in [2.45, 2.75) is 59.9 Å². The Labute approximate surface area is 111 Å². The van der Waals surface area contributed by atoms with Crippen molar-refractivity contribution in [3.8, 4) is 0 Å². The van der Waals surface area contributed by atoms with E-state index in [1.165, 1.54) is 0 Å². The van der Waals surface area contributed by atoms with Gasteiger partial charge in [-0.15, -0.1) is 0 Å². The molecule has 0 bridgehead atoms. The SMILES string of the molecule is CCCCN(C(=O)C(C)(C)C(N)=S)C(C)CC. The van der Waals surface area contributed by atoms with Gasteiger partial charge in [-0.05, 0) is 33.6 Å². The van der Waals surface area contributed by atoms with Crippen LogP contribution in [0.2, 0.25) is 0 Å². The molecule has 0 spiro atoms. The number of nitrogens with two attached hydrogens (primary N) is 1. The normalized spacial score (nSPS) is 13.2. The van der Waals surface area contributed by atoms with Gasteiger partial charge in [-0.25, -0.2) is 0 Å². The van der Waals surface area contributed by atoms with Crippen LogP contribution in [0.15, 0.2) is 0 Å². The number of unbranched alkanes of at least 4 members (excludes halogenated alkanes) is 1. The highest BCUT2D eigenvalue weighted by Crippen LogP contribution is 2.22. The number of thiocarbonyl (C=S) groups is 1. The third kappa shape index (κ3) is 4.26. The van der Waals surface area contributed by atoms with Crippen molar-refractivity contribution in [2.24, 2.45) is 11.1 Å². The van der Waals surface area contributed by atoms with E-state index < -0.39 is 5.41 Å². The largest absolute Gasteiger partial charge is 0.392 e. The van der Waals surface area contributed by atoms with E-state index >= 15 is 0 Å². The molecule has 0 fully saturated rings. The van der Waals surface area contributed by atoms with Crippen LogP contribution in [0.3, 0.4) is 0 Å². The van der Waals surface area contributed by atoms with Gasteiger partial charge in [-0.3, -0.25) is 4.79 Å². The lowest BCUT2D eigenvalue weighted by Gasteiger charge is -2.35. The number of amides is 1. The van der Waals surface area contributed by atoms with Crippen LogP contribution in [-0.2, 0) is 4.79 Å². The summed E-state index contributed by atoms with van der Waals surface area (Å²) in [6, 6.07) is 0.239. The van der Waals surface area contributed by atoms with Crippen molar-refractivity contribution in [1.82, 2.24) is 4.90 Å². The predicted molar refractivity (Wildman–Crippen MR) is 76.9 cm³/mol. The van der Waals surface area contributed by atoms with E-state index in [-0.39, 0.29) is 16.9 Å². The van der Waals surface area contributed by atoms with Crippen LogP contribution in [0.25, 0.3) is 0 Å². The molecule has 1 amide bonds. The fourth-order valence-corrected chi connectivity index (χ4v) is 1.62. The molecule has 1 atom stereocenters. The van der Waals surface area contributed by atoms with E-state index in [4.69, 9.17) is 18.0 Å². The van der Waals surface area contributed by atoms with E-state index in [0.717, 1.165) is 25.8 Å². The van der Waals surface area contributed by atoms with Crippen molar-refractivity contribution in [2.75, 3.05) is 6.54 Å². The Hall–Kier alpha value is -0.640. The van der Waals surface area contributed by atoms with Crippen molar-refractivity contribution in [3.63, 3.8) is 0 Å². The lowest BCUT2D eigenvalue weighted by molar-refractivity contribution is -0.139. The van der Waals surface area contributed by atoms with E-state index in [9.17, 15) is 4.79 Å². The lowest BCUT2D eigenvalue weighted by Crippen LogP contribution is -2.50. The Kier molecular flexibility index (Phi) is 6.68. The summed E-state index contributed by atoms with van der Waals surface area (Å²) in [5.41, 5.74) is 4.92. The summed E-state index contributed by atoms with van der Waals surface area (Å²) in [5.74, 6) is 0.0489. The second kappa shape index (κ2) is 6.94. The first kappa shape index (κ1) is 16.4. The molecule has 0 aromatic rings. The first-order valence-corrected chi connectivity index (χ1v) is 6.80. The molecule has 0 radical (unpaired) electrons. The molecule has 0 aromatic carbocycles. The quantitative estimate of drug-likeness (QED) is 0.714. The molecule has 4 heteroatoms. The topological polar surface area (TPSA) is 46.3 Å². The summed E-state index contributed by atoms with van der Waals surface area (Å²) >= 11 is 4.99. The van der Waals surface area contributed by atoms with E-state index in [1.54, 1.807) is 13.8 Å². The number of carbonyl (C=O) groups excluding carboxylic acids is 1. The zero-order valence-electron chi connectivity index (χ0n) is 11.7. The standard InChI is InChI=1S/C13H26N2OS/c1-6-8-9-15(10(3)7-2)12(16)13(4,5)11(14)17/h10H,6-9H2,1-5H3,(H2,14,17). The number of rotatable bonds is 7. The molecular weight excluding hydrogens is 232 g/mol. The Morgan fingerprint density at radius 2 is 1.94 bits per heavy atom. The highest BCUT2D eigenvalue weighted by atomic mass is 32.1. The molecule has 1 unspecified atom stereocenters. The van der Waals surface area contributed by atoms with Gasteiger partial charge < -0.3 is 10.6 Å². The van der Waals surface area contributed by atoms with Crippen molar-refractivity contribution in [1.29, 1.82) is 0 Å². The van der Waals surface area contributed by atoms with E-state index in [0.29, 0.717) is 0 Å². The van der Waals surface area contributed by atoms with Gasteiger partial charge in [-0.2, -0.15) is 0 Å². The molecule has 2 N–H and O–H groups in total. The monoisotopic (exact) mass is 258 g/mol. The first-order valence-electron chi connectivity index (χ1n) is 6.39. The van der Waals surface area contributed by atoms with Gasteiger partial charge in [0.15, 0.2) is 0 Å². The second-order valence-electron chi connectivity index (χ2n) is 5.10. The molecular formula is C13H26N2OS. The summed E-state index contributed by atoms with van der Waals surface area (Å²) in [4.78, 5) is 14.7. The molecule has 0 aliphatic carbocycles. The molecule has 0 saturated heterocycles. The number of carbonyl (C=O) groups is 1. The Morgan fingerprint density at radius 1 is 1.41 bits per heavy atom. The maximum Gasteiger partial charge on any atom is 0.235 e. The molecule has 0 aliphatic heterocycles. The molecule has 0 saturated carbocycles. The number of hydrogen-bond donors (Lipinski definition) is 1. The van der Waals surface area contributed by atoms with Gasteiger partial charge in [-0.1, -0.05) is 32.5 Å². The van der Waals surface area contributed by atoms with Crippen LogP contribution in [0.1, 0.15) is 53.9 Å². The second-order valence-corrected chi connectivity index (χ2v) is 5.54. The highest BCUT2D eigenvalue weighted by Gasteiger charge is 2.35. The molecule has 0 aromatic heterocycles. The van der Waals surface area contributed by atoms with Crippen LogP contribution in [0.5, 0.6) is 0 Å². The molecule has 0 aliphatic rings. The van der Waals surface area contributed by atoms with Gasteiger partial charge in [0.2, 0.25) is 5.91 Å². The van der Waals surface area contributed by atoms with Crippen molar-refractivity contribution in [3.05, 3.63) is 0 Å². The van der Waals surface area contributed by atoms with Crippen molar-refractivity contribution < 1.29 is 4.79 Å². The third-order valence-electron chi connectivity index (χ3n) is 3.29. The van der Waals surface area contributed by atoms with Crippen LogP contribution in [0, 0.1) is 5.41 Å². The fraction of sp³-hybridized carbons (Fsp3) is 0.846. The van der Waals surface area contributed by atoms with Gasteiger partial charge in [0.25, 0.3) is 0 Å². The van der Waals surface area contributed by atoms with Crippen molar-refractivity contribution >= 4 is 23.1 Å². The number of hydrogen-bond acceptors (Lipinski definition) is 2. The van der Waals surface area contributed by atoms with Crippen LogP contribution >= 0.6 is 12.2 Å².